The van der Waals surface area contributed by atoms with Gasteiger partial charge in [0, 0.05) is 10.9 Å². The number of hydrogen-bond donors (Lipinski definition) is 1. The van der Waals surface area contributed by atoms with Crippen LogP contribution >= 0.6 is 35.2 Å². The molecule has 0 radical (unpaired) electrons. The molecule has 1 heterocycles. The molecule has 0 aliphatic carbocycles. The molecule has 0 saturated heterocycles. The van der Waals surface area contributed by atoms with Crippen molar-refractivity contribution in [1.82, 2.24) is 0 Å². The van der Waals surface area contributed by atoms with Crippen LogP contribution in [0.2, 0.25) is 4.34 Å². The number of thiocarbonyl (C=S) groups is 1. The van der Waals surface area contributed by atoms with Gasteiger partial charge >= 0.3 is 0 Å². The van der Waals surface area contributed by atoms with E-state index >= 15 is 0 Å². The normalized spacial score (nSPS) is 8.27. The fraction of sp³-hybridized carbons (Fsp3) is 0.286. The van der Waals surface area contributed by atoms with Crippen LogP contribution < -0.4 is 5.73 Å². The van der Waals surface area contributed by atoms with Crippen LogP contribution in [0.15, 0.2) is 11.4 Å². The molecule has 0 spiro atoms. The quantitative estimate of drug-likeness (QED) is 0.717. The average Bonchev–Trinajstić information content (AvgIpc) is 2.40. The van der Waals surface area contributed by atoms with Gasteiger partial charge in [0.1, 0.15) is 4.99 Å². The Morgan fingerprint density at radius 3 is 2.36 bits per heavy atom. The summed E-state index contributed by atoms with van der Waals surface area (Å²) >= 11 is 11.7. The molecule has 62 valence electrons. The zero-order valence-electron chi connectivity index (χ0n) is 6.43. The molecule has 1 nitrogen and oxygen atoms in total. The summed E-state index contributed by atoms with van der Waals surface area (Å²) in [7, 11) is 0. The Kier molecular flexibility index (Phi) is 5.46. The number of thiophene rings is 1. The number of nitrogens with two attached hydrogens (primary N) is 1. The van der Waals surface area contributed by atoms with E-state index in [-0.39, 0.29) is 0 Å². The van der Waals surface area contributed by atoms with Crippen LogP contribution in [0.1, 0.15) is 19.4 Å². The molecule has 0 amide bonds. The maximum atomic E-state index is 5.61. The molecule has 0 aromatic carbocycles. The second-order valence-electron chi connectivity index (χ2n) is 1.50. The molecule has 4 heteroatoms. The molecule has 0 saturated carbocycles. The summed E-state index contributed by atoms with van der Waals surface area (Å²) in [6.45, 7) is 4.00. The lowest BCUT2D eigenvalue weighted by atomic mass is 10.3. The van der Waals surface area contributed by atoms with Crippen molar-refractivity contribution >= 4 is 40.1 Å². The van der Waals surface area contributed by atoms with Crippen molar-refractivity contribution in [1.29, 1.82) is 0 Å². The molecule has 0 fully saturated rings. The molecule has 0 aliphatic rings. The van der Waals surface area contributed by atoms with E-state index in [4.69, 9.17) is 29.6 Å². The van der Waals surface area contributed by atoms with Crippen molar-refractivity contribution in [3.8, 4) is 0 Å². The topological polar surface area (TPSA) is 26.0 Å². The predicted octanol–water partition coefficient (Wildman–Crippen LogP) is 3.06. The first-order valence-electron chi connectivity index (χ1n) is 3.24. The van der Waals surface area contributed by atoms with Crippen molar-refractivity contribution in [2.45, 2.75) is 13.8 Å². The van der Waals surface area contributed by atoms with Gasteiger partial charge in [-0.1, -0.05) is 37.7 Å². The van der Waals surface area contributed by atoms with Gasteiger partial charge in [-0.05, 0) is 6.07 Å². The molecule has 0 atom stereocenters. The van der Waals surface area contributed by atoms with E-state index in [1.807, 2.05) is 19.2 Å². The molecule has 1 rings (SSSR count). The Bertz CT molecular complexity index is 232. The second-order valence-corrected chi connectivity index (χ2v) is 3.49. The van der Waals surface area contributed by atoms with E-state index in [9.17, 15) is 0 Å². The lowest BCUT2D eigenvalue weighted by Crippen LogP contribution is -2.07. The Hall–Kier alpha value is -0.120. The molecular formula is C7H10ClNS2. The number of hydrogen-bond acceptors (Lipinski definition) is 2. The molecule has 0 bridgehead atoms. The minimum atomic E-state index is 0.401. The largest absolute Gasteiger partial charge is 0.389 e. The van der Waals surface area contributed by atoms with E-state index < -0.39 is 0 Å². The van der Waals surface area contributed by atoms with Crippen molar-refractivity contribution in [3.05, 3.63) is 21.3 Å². The third-order valence-corrected chi connectivity index (χ3v) is 2.18. The lowest BCUT2D eigenvalue weighted by Gasteiger charge is -1.85. The zero-order chi connectivity index (χ0) is 8.85. The highest BCUT2D eigenvalue weighted by atomic mass is 35.5. The summed E-state index contributed by atoms with van der Waals surface area (Å²) in [6.07, 6.45) is 0. The maximum absolute atomic E-state index is 5.61. The van der Waals surface area contributed by atoms with Gasteiger partial charge in [0.05, 0.1) is 4.34 Å². The van der Waals surface area contributed by atoms with Crippen LogP contribution in [0, 0.1) is 0 Å². The van der Waals surface area contributed by atoms with E-state index in [0.29, 0.717) is 4.99 Å². The van der Waals surface area contributed by atoms with Crippen molar-refractivity contribution in [3.63, 3.8) is 0 Å². The van der Waals surface area contributed by atoms with Gasteiger partial charge in [-0.3, -0.25) is 0 Å². The highest BCUT2D eigenvalue weighted by Crippen LogP contribution is 2.19. The van der Waals surface area contributed by atoms with Gasteiger partial charge in [0.25, 0.3) is 0 Å². The van der Waals surface area contributed by atoms with Gasteiger partial charge in [-0.15, -0.1) is 11.3 Å². The van der Waals surface area contributed by atoms with Crippen LogP contribution in [0.25, 0.3) is 0 Å². The third-order valence-electron chi connectivity index (χ3n) is 0.852. The average molecular weight is 208 g/mol. The van der Waals surface area contributed by atoms with E-state index in [0.717, 1.165) is 9.90 Å². The van der Waals surface area contributed by atoms with E-state index in [2.05, 4.69) is 0 Å². The Labute approximate surface area is 81.2 Å². The smallest absolute Gasteiger partial charge is 0.104 e. The first-order valence-corrected chi connectivity index (χ1v) is 4.90. The third kappa shape index (κ3) is 3.70. The number of halogens is 1. The minimum absolute atomic E-state index is 0.401. The molecule has 1 aromatic rings. The molecular weight excluding hydrogens is 198 g/mol. The van der Waals surface area contributed by atoms with Crippen molar-refractivity contribution in [2.24, 2.45) is 5.73 Å². The minimum Gasteiger partial charge on any atom is -0.389 e. The van der Waals surface area contributed by atoms with Gasteiger partial charge in [-0.25, -0.2) is 0 Å². The van der Waals surface area contributed by atoms with E-state index in [1.54, 1.807) is 6.07 Å². The van der Waals surface area contributed by atoms with Gasteiger partial charge in [0.15, 0.2) is 0 Å². The summed E-state index contributed by atoms with van der Waals surface area (Å²) in [4.78, 5) is 0.401. The Balaban J connectivity index is 0.000000461. The summed E-state index contributed by atoms with van der Waals surface area (Å²) in [5, 5.41) is 1.84. The van der Waals surface area contributed by atoms with Crippen LogP contribution in [0.4, 0.5) is 0 Å². The van der Waals surface area contributed by atoms with E-state index in [1.165, 1.54) is 11.3 Å². The van der Waals surface area contributed by atoms with Gasteiger partial charge in [-0.2, -0.15) is 0 Å². The second kappa shape index (κ2) is 5.52. The Morgan fingerprint density at radius 1 is 1.64 bits per heavy atom. The highest BCUT2D eigenvalue weighted by molar-refractivity contribution is 7.80. The monoisotopic (exact) mass is 207 g/mol. The molecule has 2 N–H and O–H groups in total. The number of rotatable bonds is 1. The van der Waals surface area contributed by atoms with Gasteiger partial charge in [0.2, 0.25) is 0 Å². The fourth-order valence-corrected chi connectivity index (χ4v) is 1.51. The fourth-order valence-electron chi connectivity index (χ4n) is 0.439. The Morgan fingerprint density at radius 2 is 2.18 bits per heavy atom. The molecule has 11 heavy (non-hydrogen) atoms. The summed E-state index contributed by atoms with van der Waals surface area (Å²) in [5.74, 6) is 0. The van der Waals surface area contributed by atoms with Crippen LogP contribution in [0.3, 0.4) is 0 Å². The highest BCUT2D eigenvalue weighted by Gasteiger charge is 1.97. The standard InChI is InChI=1S/C5H4ClNS2.C2H6/c6-4-1-3(2-9-4)5(7)8;1-2/h1-2H,(H2,7,8);1-2H3. The molecule has 0 aliphatic heterocycles. The SMILES string of the molecule is CC.NC(=S)c1csc(Cl)c1. The first-order chi connectivity index (χ1) is 5.20. The molecule has 1 aromatic heterocycles. The van der Waals surface area contributed by atoms with Crippen LogP contribution in [0.5, 0.6) is 0 Å². The zero-order valence-corrected chi connectivity index (χ0v) is 8.82. The molecule has 0 unspecified atom stereocenters. The van der Waals surface area contributed by atoms with Crippen LogP contribution in [-0.4, -0.2) is 4.99 Å². The lowest BCUT2D eigenvalue weighted by molar-refractivity contribution is 1.50. The first kappa shape index (κ1) is 10.9. The predicted molar refractivity (Wildman–Crippen MR) is 56.6 cm³/mol. The van der Waals surface area contributed by atoms with Crippen LogP contribution in [-0.2, 0) is 0 Å². The van der Waals surface area contributed by atoms with Gasteiger partial charge < -0.3 is 5.73 Å². The summed E-state index contributed by atoms with van der Waals surface area (Å²) in [6, 6.07) is 1.76. The maximum Gasteiger partial charge on any atom is 0.104 e. The van der Waals surface area contributed by atoms with Crippen molar-refractivity contribution in [2.75, 3.05) is 0 Å². The van der Waals surface area contributed by atoms with Crippen molar-refractivity contribution < 1.29 is 0 Å². The summed E-state index contributed by atoms with van der Waals surface area (Å²) < 4.78 is 0.720. The summed E-state index contributed by atoms with van der Waals surface area (Å²) in [5.41, 5.74) is 6.15.